The highest BCUT2D eigenvalue weighted by Gasteiger charge is 2.09. The molecule has 0 N–H and O–H groups in total. The number of thioether (sulfide) groups is 1. The molecular weight excluding hydrogens is 285 g/mol. The lowest BCUT2D eigenvalue weighted by Gasteiger charge is -2.19. The summed E-state index contributed by atoms with van der Waals surface area (Å²) in [5, 5.41) is 0.984. The second-order valence-electron chi connectivity index (χ2n) is 3.98. The third-order valence-electron chi connectivity index (χ3n) is 2.60. The fourth-order valence-electron chi connectivity index (χ4n) is 1.64. The molecule has 0 fully saturated rings. The monoisotopic (exact) mass is 297 g/mol. The lowest BCUT2D eigenvalue weighted by Crippen LogP contribution is -2.19. The molecular formula is C13H13ClFN3S. The zero-order chi connectivity index (χ0) is 13.8. The number of hydrogen-bond donors (Lipinski definition) is 0. The van der Waals surface area contributed by atoms with Gasteiger partial charge in [0.2, 0.25) is 0 Å². The van der Waals surface area contributed by atoms with Crippen LogP contribution in [0, 0.1) is 5.82 Å². The van der Waals surface area contributed by atoms with E-state index in [1.165, 1.54) is 17.8 Å². The quantitative estimate of drug-likeness (QED) is 0.489. The lowest BCUT2D eigenvalue weighted by molar-refractivity contribution is 0.607. The molecule has 0 atom stereocenters. The predicted octanol–water partition coefficient (Wildman–Crippen LogP) is 3.63. The van der Waals surface area contributed by atoms with Gasteiger partial charge in [-0.05, 0) is 12.3 Å². The summed E-state index contributed by atoms with van der Waals surface area (Å²) in [5.41, 5.74) is 0.616. The van der Waals surface area contributed by atoms with Gasteiger partial charge in [-0.25, -0.2) is 14.4 Å². The number of hydrogen-bond acceptors (Lipinski definition) is 4. The van der Waals surface area contributed by atoms with Crippen LogP contribution in [0.25, 0.3) is 0 Å². The van der Waals surface area contributed by atoms with E-state index in [1.54, 1.807) is 18.2 Å². The summed E-state index contributed by atoms with van der Waals surface area (Å²) >= 11 is 7.36. The molecule has 0 saturated heterocycles. The van der Waals surface area contributed by atoms with Crippen molar-refractivity contribution in [2.75, 3.05) is 18.2 Å². The van der Waals surface area contributed by atoms with E-state index in [4.69, 9.17) is 11.6 Å². The molecule has 0 amide bonds. The van der Waals surface area contributed by atoms with Crippen molar-refractivity contribution in [2.24, 2.45) is 0 Å². The van der Waals surface area contributed by atoms with Crippen LogP contribution in [0.3, 0.4) is 0 Å². The second-order valence-corrected chi connectivity index (χ2v) is 5.14. The van der Waals surface area contributed by atoms with Gasteiger partial charge >= 0.3 is 0 Å². The number of aromatic nitrogens is 2. The largest absolute Gasteiger partial charge is 0.355 e. The minimum absolute atomic E-state index is 0.223. The van der Waals surface area contributed by atoms with Crippen molar-refractivity contribution >= 4 is 29.2 Å². The predicted molar refractivity (Wildman–Crippen MR) is 77.3 cm³/mol. The summed E-state index contributed by atoms with van der Waals surface area (Å²) < 4.78 is 13.6. The Bertz CT molecular complexity index is 580. The van der Waals surface area contributed by atoms with Gasteiger partial charge in [0.05, 0.1) is 0 Å². The minimum Gasteiger partial charge on any atom is -0.355 e. The fourth-order valence-corrected chi connectivity index (χ4v) is 2.24. The van der Waals surface area contributed by atoms with Gasteiger partial charge in [0.1, 0.15) is 16.8 Å². The number of rotatable bonds is 4. The Labute approximate surface area is 120 Å². The molecule has 0 aliphatic rings. The van der Waals surface area contributed by atoms with Crippen molar-refractivity contribution in [1.82, 2.24) is 9.97 Å². The highest BCUT2D eigenvalue weighted by atomic mass is 35.5. The molecule has 0 saturated carbocycles. The molecule has 0 aliphatic carbocycles. The van der Waals surface area contributed by atoms with E-state index in [9.17, 15) is 4.39 Å². The van der Waals surface area contributed by atoms with Crippen molar-refractivity contribution < 1.29 is 4.39 Å². The summed E-state index contributed by atoms with van der Waals surface area (Å²) in [7, 11) is 1.84. The van der Waals surface area contributed by atoms with E-state index in [2.05, 4.69) is 9.97 Å². The van der Waals surface area contributed by atoms with Crippen LogP contribution in [0.15, 0.2) is 35.5 Å². The molecule has 0 bridgehead atoms. The summed E-state index contributed by atoms with van der Waals surface area (Å²) in [5.74, 6) is 0.451. The molecule has 6 heteroatoms. The van der Waals surface area contributed by atoms with Crippen LogP contribution in [-0.2, 0) is 6.54 Å². The van der Waals surface area contributed by atoms with E-state index in [-0.39, 0.29) is 5.82 Å². The van der Waals surface area contributed by atoms with E-state index in [1.807, 2.05) is 24.3 Å². The smallest absolute Gasteiger partial charge is 0.190 e. The average molecular weight is 298 g/mol. The average Bonchev–Trinajstić information content (AvgIpc) is 2.40. The molecule has 2 rings (SSSR count). The van der Waals surface area contributed by atoms with Gasteiger partial charge in [-0.1, -0.05) is 41.6 Å². The van der Waals surface area contributed by atoms with Crippen molar-refractivity contribution in [3.05, 3.63) is 46.9 Å². The van der Waals surface area contributed by atoms with Crippen LogP contribution in [0.4, 0.5) is 10.2 Å². The Hall–Kier alpha value is -1.33. The number of nitrogens with zero attached hydrogens (tertiary/aromatic N) is 3. The van der Waals surface area contributed by atoms with Crippen LogP contribution in [0.1, 0.15) is 5.56 Å². The first-order chi connectivity index (χ1) is 9.10. The topological polar surface area (TPSA) is 29.0 Å². The van der Waals surface area contributed by atoms with Crippen molar-refractivity contribution in [1.29, 1.82) is 0 Å². The number of halogens is 2. The zero-order valence-electron chi connectivity index (χ0n) is 10.6. The van der Waals surface area contributed by atoms with Gasteiger partial charge in [-0.3, -0.25) is 0 Å². The van der Waals surface area contributed by atoms with Crippen LogP contribution in [0.5, 0.6) is 0 Å². The van der Waals surface area contributed by atoms with Gasteiger partial charge in [-0.15, -0.1) is 0 Å². The SMILES string of the molecule is CSc1nc(Cl)cc(N(C)Cc2ccccc2F)n1. The van der Waals surface area contributed by atoms with Gasteiger partial charge in [0, 0.05) is 25.2 Å². The second kappa shape index (κ2) is 6.21. The van der Waals surface area contributed by atoms with Crippen molar-refractivity contribution in [3.8, 4) is 0 Å². The first-order valence-electron chi connectivity index (χ1n) is 5.63. The molecule has 3 nitrogen and oxygen atoms in total. The zero-order valence-corrected chi connectivity index (χ0v) is 12.2. The Morgan fingerprint density at radius 3 is 2.74 bits per heavy atom. The molecule has 0 spiro atoms. The van der Waals surface area contributed by atoms with E-state index < -0.39 is 0 Å². The first-order valence-corrected chi connectivity index (χ1v) is 7.23. The van der Waals surface area contributed by atoms with Crippen LogP contribution in [0.2, 0.25) is 5.15 Å². The standard InChI is InChI=1S/C13H13ClFN3S/c1-18(8-9-5-3-4-6-10(9)15)12-7-11(14)16-13(17-12)19-2/h3-7H,8H2,1-2H3. The van der Waals surface area contributed by atoms with Crippen LogP contribution < -0.4 is 4.90 Å². The normalized spacial score (nSPS) is 10.5. The molecule has 0 radical (unpaired) electrons. The van der Waals surface area contributed by atoms with Crippen LogP contribution >= 0.6 is 23.4 Å². The summed E-state index contributed by atoms with van der Waals surface area (Å²) in [6.07, 6.45) is 1.88. The molecule has 0 unspecified atom stereocenters. The first kappa shape index (κ1) is 14.1. The highest BCUT2D eigenvalue weighted by Crippen LogP contribution is 2.21. The fraction of sp³-hybridized carbons (Fsp3) is 0.231. The molecule has 100 valence electrons. The Kier molecular flexibility index (Phi) is 4.61. The number of anilines is 1. The summed E-state index contributed by atoms with van der Waals surface area (Å²) in [4.78, 5) is 10.3. The Morgan fingerprint density at radius 1 is 1.32 bits per heavy atom. The number of benzene rings is 1. The molecule has 1 aromatic heterocycles. The molecule has 2 aromatic rings. The molecule has 1 heterocycles. The van der Waals surface area contributed by atoms with Crippen LogP contribution in [-0.4, -0.2) is 23.3 Å². The van der Waals surface area contributed by atoms with E-state index >= 15 is 0 Å². The van der Waals surface area contributed by atoms with Gasteiger partial charge < -0.3 is 4.90 Å². The third kappa shape index (κ3) is 3.58. The summed E-state index contributed by atoms with van der Waals surface area (Å²) in [6.45, 7) is 0.424. The van der Waals surface area contributed by atoms with Crippen molar-refractivity contribution in [3.63, 3.8) is 0 Å². The Balaban J connectivity index is 2.22. The molecule has 0 aliphatic heterocycles. The molecule has 1 aromatic carbocycles. The Morgan fingerprint density at radius 2 is 2.05 bits per heavy atom. The van der Waals surface area contributed by atoms with E-state index in [0.717, 1.165) is 0 Å². The lowest BCUT2D eigenvalue weighted by atomic mass is 10.2. The van der Waals surface area contributed by atoms with Crippen molar-refractivity contribution in [2.45, 2.75) is 11.7 Å². The maximum Gasteiger partial charge on any atom is 0.190 e. The van der Waals surface area contributed by atoms with E-state index in [0.29, 0.717) is 28.2 Å². The van der Waals surface area contributed by atoms with Gasteiger partial charge in [-0.2, -0.15) is 0 Å². The third-order valence-corrected chi connectivity index (χ3v) is 3.34. The highest BCUT2D eigenvalue weighted by molar-refractivity contribution is 7.98. The van der Waals surface area contributed by atoms with Gasteiger partial charge in [0.15, 0.2) is 5.16 Å². The summed E-state index contributed by atoms with van der Waals surface area (Å²) in [6, 6.07) is 8.36. The maximum absolute atomic E-state index is 13.6. The maximum atomic E-state index is 13.6. The van der Waals surface area contributed by atoms with Gasteiger partial charge in [0.25, 0.3) is 0 Å². The minimum atomic E-state index is -0.223. The molecule has 19 heavy (non-hydrogen) atoms.